The molecule has 0 aliphatic heterocycles. The molecule has 1 aromatic rings. The number of nitrogens with two attached hydrogens (primary N) is 1. The summed E-state index contributed by atoms with van der Waals surface area (Å²) in [6, 6.07) is -0.155. The highest BCUT2D eigenvalue weighted by atomic mass is 32.2. The van der Waals surface area contributed by atoms with Crippen LogP contribution < -0.4 is 5.73 Å². The Labute approximate surface area is 129 Å². The molecule has 1 aliphatic carbocycles. The average molecular weight is 313 g/mol. The third-order valence-electron chi connectivity index (χ3n) is 3.68. The molecule has 0 radical (unpaired) electrons. The van der Waals surface area contributed by atoms with Crippen molar-refractivity contribution in [2.45, 2.75) is 56.7 Å². The fraction of sp³-hybridized carbons (Fsp3) is 0.714. The molecule has 1 fully saturated rings. The van der Waals surface area contributed by atoms with Gasteiger partial charge in [0.05, 0.1) is 18.8 Å². The number of aliphatic hydroxyl groups excluding tert-OH is 1. The molecule has 2 atom stereocenters. The zero-order valence-corrected chi connectivity index (χ0v) is 13.4. The van der Waals surface area contributed by atoms with Crippen molar-refractivity contribution < 1.29 is 14.6 Å². The highest BCUT2D eigenvalue weighted by Gasteiger charge is 2.31. The Morgan fingerprint density at radius 3 is 2.81 bits per heavy atom. The number of esters is 1. The van der Waals surface area contributed by atoms with Crippen molar-refractivity contribution in [3.8, 4) is 0 Å². The molecule has 1 aromatic heterocycles. The highest BCUT2D eigenvalue weighted by molar-refractivity contribution is 7.99. The summed E-state index contributed by atoms with van der Waals surface area (Å²) in [6.07, 6.45) is 3.16. The molecular formula is C14H23N3O3S. The number of carbonyl (C=O) groups excluding carboxylic acids is 1. The van der Waals surface area contributed by atoms with E-state index >= 15 is 0 Å². The normalized spacial score (nSPS) is 22.2. The van der Waals surface area contributed by atoms with Gasteiger partial charge in [0.2, 0.25) is 0 Å². The quantitative estimate of drug-likeness (QED) is 0.640. The number of thioether (sulfide) groups is 1. The summed E-state index contributed by atoms with van der Waals surface area (Å²) in [4.78, 5) is 12.1. The highest BCUT2D eigenvalue weighted by Crippen LogP contribution is 2.35. The monoisotopic (exact) mass is 313 g/mol. The predicted molar refractivity (Wildman–Crippen MR) is 82.5 cm³/mol. The molecule has 1 heterocycles. The van der Waals surface area contributed by atoms with Crippen molar-refractivity contribution in [1.29, 1.82) is 0 Å². The van der Waals surface area contributed by atoms with Crippen LogP contribution in [0.5, 0.6) is 0 Å². The lowest BCUT2D eigenvalue weighted by atomic mass is 9.93. The largest absolute Gasteiger partial charge is 0.462 e. The van der Waals surface area contributed by atoms with Crippen LogP contribution in [0.2, 0.25) is 0 Å². The van der Waals surface area contributed by atoms with Crippen LogP contribution in [0.1, 0.15) is 55.9 Å². The third kappa shape index (κ3) is 3.35. The van der Waals surface area contributed by atoms with Gasteiger partial charge in [-0.2, -0.15) is 5.10 Å². The van der Waals surface area contributed by atoms with Gasteiger partial charge in [-0.15, -0.1) is 11.8 Å². The Kier molecular flexibility index (Phi) is 5.52. The number of aliphatic hydroxyl groups is 1. The maximum Gasteiger partial charge on any atom is 0.344 e. The lowest BCUT2D eigenvalue weighted by molar-refractivity contribution is 0.0522. The van der Waals surface area contributed by atoms with Crippen molar-refractivity contribution in [3.63, 3.8) is 0 Å². The van der Waals surface area contributed by atoms with E-state index in [9.17, 15) is 9.90 Å². The topological polar surface area (TPSA) is 90.4 Å². The van der Waals surface area contributed by atoms with E-state index in [2.05, 4.69) is 5.10 Å². The second-order valence-electron chi connectivity index (χ2n) is 5.08. The van der Waals surface area contributed by atoms with Crippen LogP contribution in [0.4, 0.5) is 5.82 Å². The van der Waals surface area contributed by atoms with Gasteiger partial charge in [-0.25, -0.2) is 9.48 Å². The third-order valence-corrected chi connectivity index (χ3v) is 4.53. The van der Waals surface area contributed by atoms with Crippen molar-refractivity contribution >= 4 is 23.5 Å². The number of rotatable bonds is 5. The van der Waals surface area contributed by atoms with Crippen LogP contribution in [0.15, 0.2) is 5.03 Å². The number of anilines is 1. The molecule has 0 amide bonds. The molecule has 7 heteroatoms. The molecule has 0 bridgehead atoms. The Morgan fingerprint density at radius 1 is 1.48 bits per heavy atom. The number of hydrogen-bond donors (Lipinski definition) is 2. The second kappa shape index (κ2) is 7.17. The molecule has 2 unspecified atom stereocenters. The van der Waals surface area contributed by atoms with Gasteiger partial charge in [0.25, 0.3) is 0 Å². The van der Waals surface area contributed by atoms with Gasteiger partial charge in [0, 0.05) is 0 Å². The van der Waals surface area contributed by atoms with Crippen LogP contribution in [0, 0.1) is 0 Å². The molecule has 21 heavy (non-hydrogen) atoms. The summed E-state index contributed by atoms with van der Waals surface area (Å²) in [6.45, 7) is 4.05. The summed E-state index contributed by atoms with van der Waals surface area (Å²) >= 11 is 1.46. The Bertz CT molecular complexity index is 504. The first-order chi connectivity index (χ1) is 10.1. The molecule has 6 nitrogen and oxygen atoms in total. The van der Waals surface area contributed by atoms with Crippen LogP contribution in [0.25, 0.3) is 0 Å². The number of ether oxygens (including phenoxy) is 1. The van der Waals surface area contributed by atoms with E-state index in [1.807, 2.05) is 6.92 Å². The first kappa shape index (κ1) is 16.2. The fourth-order valence-electron chi connectivity index (χ4n) is 2.69. The minimum atomic E-state index is -0.463. The number of nitrogen functional groups attached to an aromatic ring is 1. The van der Waals surface area contributed by atoms with E-state index < -0.39 is 12.1 Å². The van der Waals surface area contributed by atoms with E-state index in [0.717, 1.165) is 31.4 Å². The minimum absolute atomic E-state index is 0.155. The van der Waals surface area contributed by atoms with E-state index in [0.29, 0.717) is 23.0 Å². The molecule has 3 N–H and O–H groups in total. The number of hydrogen-bond acceptors (Lipinski definition) is 6. The van der Waals surface area contributed by atoms with Gasteiger partial charge in [0.15, 0.2) is 0 Å². The van der Waals surface area contributed by atoms with Crippen molar-refractivity contribution in [1.82, 2.24) is 9.78 Å². The predicted octanol–water partition coefficient (Wildman–Crippen LogP) is 2.23. The summed E-state index contributed by atoms with van der Waals surface area (Å²) < 4.78 is 6.69. The molecule has 1 aliphatic rings. The van der Waals surface area contributed by atoms with E-state index in [1.54, 1.807) is 11.6 Å². The van der Waals surface area contributed by atoms with Crippen LogP contribution in [0.3, 0.4) is 0 Å². The number of nitrogens with zero attached hydrogens (tertiary/aromatic N) is 2. The number of aromatic nitrogens is 2. The van der Waals surface area contributed by atoms with Gasteiger partial charge in [-0.05, 0) is 25.5 Å². The standard InChI is InChI=1S/C14H23N3O3S/c1-3-20-14(19)11-12(15)17(16-13(11)21-4-2)9-7-5-6-8-10(9)18/h9-10,18H,3-8,15H2,1-2H3. The first-order valence-electron chi connectivity index (χ1n) is 7.46. The molecule has 0 aromatic carbocycles. The minimum Gasteiger partial charge on any atom is -0.462 e. The summed E-state index contributed by atoms with van der Waals surface area (Å²) in [5.74, 6) is 0.647. The van der Waals surface area contributed by atoms with Crippen LogP contribution >= 0.6 is 11.8 Å². The number of carbonyl (C=O) groups is 1. The van der Waals surface area contributed by atoms with Crippen LogP contribution in [-0.4, -0.2) is 39.3 Å². The molecule has 2 rings (SSSR count). The van der Waals surface area contributed by atoms with Crippen LogP contribution in [-0.2, 0) is 4.74 Å². The van der Waals surface area contributed by atoms with E-state index in [1.165, 1.54) is 11.8 Å². The zero-order chi connectivity index (χ0) is 15.4. The summed E-state index contributed by atoms with van der Waals surface area (Å²) in [5.41, 5.74) is 6.47. The summed E-state index contributed by atoms with van der Waals surface area (Å²) in [7, 11) is 0. The fourth-order valence-corrected chi connectivity index (χ4v) is 3.44. The first-order valence-corrected chi connectivity index (χ1v) is 8.44. The van der Waals surface area contributed by atoms with Crippen molar-refractivity contribution in [2.24, 2.45) is 0 Å². The Hall–Kier alpha value is -1.21. The smallest absolute Gasteiger partial charge is 0.344 e. The Balaban J connectivity index is 2.38. The average Bonchev–Trinajstić information content (AvgIpc) is 2.77. The Morgan fingerprint density at radius 2 is 2.19 bits per heavy atom. The van der Waals surface area contributed by atoms with Gasteiger partial charge >= 0.3 is 5.97 Å². The van der Waals surface area contributed by atoms with Crippen molar-refractivity contribution in [3.05, 3.63) is 5.56 Å². The van der Waals surface area contributed by atoms with E-state index in [4.69, 9.17) is 10.5 Å². The molecule has 0 saturated heterocycles. The maximum atomic E-state index is 12.1. The maximum absolute atomic E-state index is 12.1. The lowest BCUT2D eigenvalue weighted by Gasteiger charge is -2.28. The van der Waals surface area contributed by atoms with Gasteiger partial charge in [0.1, 0.15) is 16.4 Å². The van der Waals surface area contributed by atoms with Gasteiger partial charge in [-0.3, -0.25) is 0 Å². The summed E-state index contributed by atoms with van der Waals surface area (Å²) in [5, 5.41) is 15.2. The van der Waals surface area contributed by atoms with Gasteiger partial charge in [-0.1, -0.05) is 19.8 Å². The second-order valence-corrected chi connectivity index (χ2v) is 6.34. The SMILES string of the molecule is CCOC(=O)c1c(SCC)nn(C2CCCCC2O)c1N. The molecule has 1 saturated carbocycles. The molecule has 0 spiro atoms. The lowest BCUT2D eigenvalue weighted by Crippen LogP contribution is -2.29. The molecule has 118 valence electrons. The van der Waals surface area contributed by atoms with Gasteiger partial charge < -0.3 is 15.6 Å². The zero-order valence-electron chi connectivity index (χ0n) is 12.5. The molecular weight excluding hydrogens is 290 g/mol. The van der Waals surface area contributed by atoms with Crippen molar-refractivity contribution in [2.75, 3.05) is 18.1 Å². The van der Waals surface area contributed by atoms with E-state index in [-0.39, 0.29) is 6.04 Å².